The lowest BCUT2D eigenvalue weighted by Gasteiger charge is -2.31. The van der Waals surface area contributed by atoms with Crippen molar-refractivity contribution in [3.8, 4) is 23.5 Å². The van der Waals surface area contributed by atoms with Gasteiger partial charge in [0.05, 0.1) is 17.1 Å². The highest BCUT2D eigenvalue weighted by atomic mass is 32.1. The normalized spacial score (nSPS) is 14.4. The van der Waals surface area contributed by atoms with Crippen LogP contribution in [-0.4, -0.2) is 41.3 Å². The minimum Gasteiger partial charge on any atom is -0.340 e. The number of alkyl halides is 3. The Hall–Kier alpha value is -3.64. The second kappa shape index (κ2) is 10.3. The number of rotatable bonds is 5. The van der Waals surface area contributed by atoms with Gasteiger partial charge in [-0.2, -0.15) is 13.2 Å². The number of thiazole rings is 1. The van der Waals surface area contributed by atoms with Crippen molar-refractivity contribution in [3.05, 3.63) is 75.7 Å². The molecule has 180 valence electrons. The maximum Gasteiger partial charge on any atom is 0.416 e. The Balaban J connectivity index is 1.44. The van der Waals surface area contributed by atoms with E-state index in [0.29, 0.717) is 48.3 Å². The standard InChI is InChI=1S/C26H22F3N3O2S/c1-2-13-30-23(33)22-16-35-24(31-22)18-11-14-32(15-12-18)25(34)21-6-4-3-5-20(21)17-7-9-19(10-8-17)26(27,28)29/h1,3-10,16,18H,11-15H2,(H,30,33). The zero-order valence-electron chi connectivity index (χ0n) is 18.6. The highest BCUT2D eigenvalue weighted by Gasteiger charge is 2.31. The largest absolute Gasteiger partial charge is 0.416 e. The Morgan fingerprint density at radius 2 is 1.80 bits per heavy atom. The van der Waals surface area contributed by atoms with E-state index >= 15 is 0 Å². The van der Waals surface area contributed by atoms with Crippen molar-refractivity contribution in [1.29, 1.82) is 0 Å². The Labute approximate surface area is 205 Å². The number of benzene rings is 2. The molecule has 0 bridgehead atoms. The molecule has 9 heteroatoms. The molecule has 0 radical (unpaired) electrons. The molecular formula is C26H22F3N3O2S. The molecule has 2 amide bonds. The lowest BCUT2D eigenvalue weighted by atomic mass is 9.94. The summed E-state index contributed by atoms with van der Waals surface area (Å²) in [6.07, 6.45) is 2.15. The molecule has 1 aliphatic rings. The monoisotopic (exact) mass is 497 g/mol. The van der Waals surface area contributed by atoms with E-state index in [1.807, 2.05) is 0 Å². The fraction of sp³-hybridized carbons (Fsp3) is 0.269. The predicted octanol–water partition coefficient (Wildman–Crippen LogP) is 5.21. The number of nitrogens with one attached hydrogen (secondary N) is 1. The average molecular weight is 498 g/mol. The number of nitrogens with zero attached hydrogens (tertiary/aromatic N) is 2. The molecule has 1 N–H and O–H groups in total. The van der Waals surface area contributed by atoms with Gasteiger partial charge in [-0.05, 0) is 42.2 Å². The number of aromatic nitrogens is 1. The summed E-state index contributed by atoms with van der Waals surface area (Å²) in [5.41, 5.74) is 1.20. The lowest BCUT2D eigenvalue weighted by molar-refractivity contribution is -0.137. The van der Waals surface area contributed by atoms with E-state index in [4.69, 9.17) is 6.42 Å². The highest BCUT2D eigenvalue weighted by Crippen LogP contribution is 2.34. The summed E-state index contributed by atoms with van der Waals surface area (Å²) < 4.78 is 38.8. The summed E-state index contributed by atoms with van der Waals surface area (Å²) in [6, 6.07) is 11.8. The summed E-state index contributed by atoms with van der Waals surface area (Å²) in [7, 11) is 0. The first kappa shape index (κ1) is 24.5. The van der Waals surface area contributed by atoms with E-state index in [2.05, 4.69) is 16.2 Å². The number of halogens is 3. The first-order valence-corrected chi connectivity index (χ1v) is 11.9. The van der Waals surface area contributed by atoms with Gasteiger partial charge in [0.1, 0.15) is 5.69 Å². The van der Waals surface area contributed by atoms with Crippen molar-refractivity contribution < 1.29 is 22.8 Å². The third-order valence-corrected chi connectivity index (χ3v) is 6.92. The van der Waals surface area contributed by atoms with Gasteiger partial charge in [-0.3, -0.25) is 9.59 Å². The smallest absolute Gasteiger partial charge is 0.340 e. The van der Waals surface area contributed by atoms with Gasteiger partial charge >= 0.3 is 6.18 Å². The molecule has 5 nitrogen and oxygen atoms in total. The summed E-state index contributed by atoms with van der Waals surface area (Å²) in [6.45, 7) is 1.17. The first-order valence-electron chi connectivity index (χ1n) is 11.0. The van der Waals surface area contributed by atoms with E-state index in [1.54, 1.807) is 34.5 Å². The quantitative estimate of drug-likeness (QED) is 0.492. The first-order chi connectivity index (χ1) is 16.8. The van der Waals surface area contributed by atoms with Crippen LogP contribution < -0.4 is 5.32 Å². The van der Waals surface area contributed by atoms with Gasteiger partial charge in [0.25, 0.3) is 11.8 Å². The molecule has 4 rings (SSSR count). The number of hydrogen-bond acceptors (Lipinski definition) is 4. The minimum absolute atomic E-state index is 0.139. The zero-order valence-corrected chi connectivity index (χ0v) is 19.5. The highest BCUT2D eigenvalue weighted by molar-refractivity contribution is 7.09. The van der Waals surface area contributed by atoms with Gasteiger partial charge in [0.2, 0.25) is 0 Å². The Morgan fingerprint density at radius 3 is 2.46 bits per heavy atom. The Morgan fingerprint density at radius 1 is 1.11 bits per heavy atom. The SMILES string of the molecule is C#CCNC(=O)c1csc(C2CCN(C(=O)c3ccccc3-c3ccc(C(F)(F)F)cc3)CC2)n1. The van der Waals surface area contributed by atoms with Crippen molar-refractivity contribution in [2.24, 2.45) is 0 Å². The second-order valence-electron chi connectivity index (χ2n) is 8.14. The number of hydrogen-bond donors (Lipinski definition) is 1. The van der Waals surface area contributed by atoms with Gasteiger partial charge in [0, 0.05) is 30.0 Å². The van der Waals surface area contributed by atoms with Crippen LogP contribution in [0.25, 0.3) is 11.1 Å². The van der Waals surface area contributed by atoms with Crippen molar-refractivity contribution in [2.75, 3.05) is 19.6 Å². The lowest BCUT2D eigenvalue weighted by Crippen LogP contribution is -2.38. The van der Waals surface area contributed by atoms with Crippen LogP contribution in [0.5, 0.6) is 0 Å². The van der Waals surface area contributed by atoms with Gasteiger partial charge in [-0.15, -0.1) is 17.8 Å². The third kappa shape index (κ3) is 5.54. The molecule has 0 atom stereocenters. The minimum atomic E-state index is -4.41. The van der Waals surface area contributed by atoms with E-state index < -0.39 is 11.7 Å². The topological polar surface area (TPSA) is 62.3 Å². The van der Waals surface area contributed by atoms with Crippen LogP contribution in [0.2, 0.25) is 0 Å². The zero-order chi connectivity index (χ0) is 25.0. The van der Waals surface area contributed by atoms with Crippen LogP contribution in [0.15, 0.2) is 53.9 Å². The average Bonchev–Trinajstić information content (AvgIpc) is 3.37. The molecule has 1 saturated heterocycles. The van der Waals surface area contributed by atoms with E-state index in [1.165, 1.54) is 23.5 Å². The molecule has 1 aromatic heterocycles. The number of likely N-dealkylation sites (tertiary alicyclic amines) is 1. The third-order valence-electron chi connectivity index (χ3n) is 5.92. The van der Waals surface area contributed by atoms with Gasteiger partial charge < -0.3 is 10.2 Å². The molecule has 35 heavy (non-hydrogen) atoms. The number of carbonyl (C=O) groups is 2. The number of carbonyl (C=O) groups excluding carboxylic acids is 2. The van der Waals surface area contributed by atoms with Crippen molar-refractivity contribution in [2.45, 2.75) is 24.9 Å². The fourth-order valence-electron chi connectivity index (χ4n) is 4.06. The van der Waals surface area contributed by atoms with Crippen LogP contribution in [0.4, 0.5) is 13.2 Å². The predicted molar refractivity (Wildman–Crippen MR) is 128 cm³/mol. The van der Waals surface area contributed by atoms with Crippen LogP contribution in [0.3, 0.4) is 0 Å². The molecule has 1 aliphatic heterocycles. The molecular weight excluding hydrogens is 475 g/mol. The number of piperidine rings is 1. The molecule has 3 aromatic rings. The fourth-order valence-corrected chi connectivity index (χ4v) is 5.03. The number of terminal acetylenes is 1. The van der Waals surface area contributed by atoms with Crippen molar-refractivity contribution in [1.82, 2.24) is 15.2 Å². The maximum atomic E-state index is 13.3. The van der Waals surface area contributed by atoms with Crippen LogP contribution in [0, 0.1) is 12.3 Å². The van der Waals surface area contributed by atoms with E-state index in [9.17, 15) is 22.8 Å². The van der Waals surface area contributed by atoms with Crippen molar-refractivity contribution in [3.63, 3.8) is 0 Å². The molecule has 2 aromatic carbocycles. The second-order valence-corrected chi connectivity index (χ2v) is 9.03. The Bertz CT molecular complexity index is 1250. The molecule has 0 spiro atoms. The molecule has 0 aliphatic carbocycles. The molecule has 0 unspecified atom stereocenters. The van der Waals surface area contributed by atoms with Crippen LogP contribution in [-0.2, 0) is 6.18 Å². The Kier molecular flexibility index (Phi) is 7.22. The van der Waals surface area contributed by atoms with Crippen molar-refractivity contribution >= 4 is 23.2 Å². The molecule has 1 fully saturated rings. The van der Waals surface area contributed by atoms with Gasteiger partial charge in [-0.25, -0.2) is 4.98 Å². The van der Waals surface area contributed by atoms with Crippen LogP contribution in [0.1, 0.15) is 50.2 Å². The molecule has 0 saturated carbocycles. The summed E-state index contributed by atoms with van der Waals surface area (Å²) >= 11 is 1.42. The summed E-state index contributed by atoms with van der Waals surface area (Å²) in [4.78, 5) is 31.6. The maximum absolute atomic E-state index is 13.3. The van der Waals surface area contributed by atoms with Gasteiger partial charge in [0.15, 0.2) is 0 Å². The summed E-state index contributed by atoms with van der Waals surface area (Å²) in [5.74, 6) is 2.03. The molecule has 2 heterocycles. The van der Waals surface area contributed by atoms with Gasteiger partial charge in [-0.1, -0.05) is 36.3 Å². The number of amides is 2. The van der Waals surface area contributed by atoms with E-state index in [0.717, 1.165) is 17.1 Å². The summed E-state index contributed by atoms with van der Waals surface area (Å²) in [5, 5.41) is 5.16. The van der Waals surface area contributed by atoms with E-state index in [-0.39, 0.29) is 24.3 Å². The van der Waals surface area contributed by atoms with Crippen LogP contribution >= 0.6 is 11.3 Å².